The molecule has 0 radical (unpaired) electrons. The van der Waals surface area contributed by atoms with E-state index in [4.69, 9.17) is 15.7 Å². The van der Waals surface area contributed by atoms with Crippen LogP contribution in [0.15, 0.2) is 18.2 Å². The Kier molecular flexibility index (Phi) is 5.71. The van der Waals surface area contributed by atoms with Crippen molar-refractivity contribution < 1.29 is 24.9 Å². The molecular weight excluding hydrogens is 252 g/mol. The van der Waals surface area contributed by atoms with E-state index >= 15 is 0 Å². The SMILES string of the molecule is COc1ccc(C(O)C(O)CCO)c(C(=O)NN)c1. The molecule has 0 saturated heterocycles. The molecule has 1 rings (SSSR count). The summed E-state index contributed by atoms with van der Waals surface area (Å²) < 4.78 is 4.99. The van der Waals surface area contributed by atoms with Crippen LogP contribution in [0.3, 0.4) is 0 Å². The molecule has 1 aromatic rings. The number of hydrazine groups is 1. The number of carbonyl (C=O) groups is 1. The molecule has 0 fully saturated rings. The summed E-state index contributed by atoms with van der Waals surface area (Å²) in [6.07, 6.45) is -2.48. The summed E-state index contributed by atoms with van der Waals surface area (Å²) in [5.74, 6) is 4.89. The predicted octanol–water partition coefficient (Wildman–Crippen LogP) is -0.925. The Balaban J connectivity index is 3.14. The number of ether oxygens (including phenoxy) is 1. The maximum absolute atomic E-state index is 11.7. The van der Waals surface area contributed by atoms with Crippen molar-refractivity contribution in [2.24, 2.45) is 5.84 Å². The first-order valence-electron chi connectivity index (χ1n) is 5.71. The molecule has 7 heteroatoms. The van der Waals surface area contributed by atoms with Crippen LogP contribution in [0.1, 0.15) is 28.4 Å². The summed E-state index contributed by atoms with van der Waals surface area (Å²) in [6.45, 7) is -0.271. The normalized spacial score (nSPS) is 13.7. The molecule has 0 heterocycles. The number of aliphatic hydroxyl groups excluding tert-OH is 3. The highest BCUT2D eigenvalue weighted by Crippen LogP contribution is 2.26. The van der Waals surface area contributed by atoms with Crippen LogP contribution >= 0.6 is 0 Å². The fraction of sp³-hybridized carbons (Fsp3) is 0.417. The van der Waals surface area contributed by atoms with Gasteiger partial charge in [0.05, 0.1) is 18.8 Å². The number of carbonyl (C=O) groups excluding carboxylic acids is 1. The maximum atomic E-state index is 11.7. The summed E-state index contributed by atoms with van der Waals surface area (Å²) in [5.41, 5.74) is 2.28. The van der Waals surface area contributed by atoms with Crippen LogP contribution in [-0.2, 0) is 0 Å². The van der Waals surface area contributed by atoms with Crippen LogP contribution in [0.5, 0.6) is 5.75 Å². The molecular formula is C12H18N2O5. The minimum Gasteiger partial charge on any atom is -0.497 e. The van der Waals surface area contributed by atoms with Crippen LogP contribution in [-0.4, -0.2) is 41.0 Å². The number of hydrogen-bond donors (Lipinski definition) is 5. The Morgan fingerprint density at radius 2 is 2.16 bits per heavy atom. The van der Waals surface area contributed by atoms with Gasteiger partial charge in [0.15, 0.2) is 0 Å². The zero-order valence-electron chi connectivity index (χ0n) is 10.5. The van der Waals surface area contributed by atoms with Crippen molar-refractivity contribution >= 4 is 5.91 Å². The Morgan fingerprint density at radius 1 is 1.47 bits per heavy atom. The minimum absolute atomic E-state index is 0.00310. The monoisotopic (exact) mass is 270 g/mol. The predicted molar refractivity (Wildman–Crippen MR) is 67.3 cm³/mol. The van der Waals surface area contributed by atoms with E-state index in [1.54, 1.807) is 6.07 Å². The Morgan fingerprint density at radius 3 is 2.68 bits per heavy atom. The van der Waals surface area contributed by atoms with Crippen molar-refractivity contribution in [1.29, 1.82) is 0 Å². The first-order chi connectivity index (χ1) is 9.04. The van der Waals surface area contributed by atoms with Crippen LogP contribution in [0.25, 0.3) is 0 Å². The zero-order chi connectivity index (χ0) is 14.4. The van der Waals surface area contributed by atoms with Gasteiger partial charge in [0.1, 0.15) is 11.9 Å². The number of benzene rings is 1. The standard InChI is InChI=1S/C12H18N2O5/c1-19-7-2-3-8(9(6-7)12(18)14-13)11(17)10(16)4-5-15/h2-3,6,10-11,15-17H,4-5,13H2,1H3,(H,14,18). The Labute approximate surface area is 110 Å². The number of hydrogen-bond acceptors (Lipinski definition) is 6. The number of methoxy groups -OCH3 is 1. The van der Waals surface area contributed by atoms with E-state index in [1.165, 1.54) is 19.2 Å². The van der Waals surface area contributed by atoms with Gasteiger partial charge < -0.3 is 20.1 Å². The zero-order valence-corrected chi connectivity index (χ0v) is 10.5. The third-order valence-electron chi connectivity index (χ3n) is 2.74. The number of nitrogen functional groups attached to an aromatic ring is 1. The average molecular weight is 270 g/mol. The van der Waals surface area contributed by atoms with E-state index in [2.05, 4.69) is 0 Å². The quantitative estimate of drug-likeness (QED) is 0.258. The number of nitrogens with two attached hydrogens (primary N) is 1. The first-order valence-corrected chi connectivity index (χ1v) is 5.71. The van der Waals surface area contributed by atoms with E-state index < -0.39 is 18.1 Å². The third kappa shape index (κ3) is 3.65. The lowest BCUT2D eigenvalue weighted by Crippen LogP contribution is -2.32. The number of nitrogens with one attached hydrogen (secondary N) is 1. The molecule has 0 bridgehead atoms. The maximum Gasteiger partial charge on any atom is 0.265 e. The topological polar surface area (TPSA) is 125 Å². The summed E-state index contributed by atoms with van der Waals surface area (Å²) in [4.78, 5) is 11.7. The van der Waals surface area contributed by atoms with Crippen LogP contribution < -0.4 is 16.0 Å². The summed E-state index contributed by atoms with van der Waals surface area (Å²) in [6, 6.07) is 4.43. The molecule has 7 nitrogen and oxygen atoms in total. The van der Waals surface area contributed by atoms with Crippen molar-refractivity contribution in [3.63, 3.8) is 0 Å². The third-order valence-corrected chi connectivity index (χ3v) is 2.74. The summed E-state index contributed by atoms with van der Waals surface area (Å²) in [7, 11) is 1.44. The molecule has 0 aliphatic rings. The Bertz CT molecular complexity index is 438. The molecule has 2 atom stereocenters. The molecule has 0 aliphatic heterocycles. The van der Waals surface area contributed by atoms with Gasteiger partial charge in [0.25, 0.3) is 5.91 Å². The fourth-order valence-electron chi connectivity index (χ4n) is 1.69. The molecule has 1 amide bonds. The lowest BCUT2D eigenvalue weighted by atomic mass is 9.96. The van der Waals surface area contributed by atoms with Gasteiger partial charge in [-0.05, 0) is 24.1 Å². The lowest BCUT2D eigenvalue weighted by Gasteiger charge is -2.20. The van der Waals surface area contributed by atoms with Gasteiger partial charge >= 0.3 is 0 Å². The minimum atomic E-state index is -1.30. The van der Waals surface area contributed by atoms with Crippen molar-refractivity contribution in [1.82, 2.24) is 5.43 Å². The van der Waals surface area contributed by atoms with E-state index in [0.717, 1.165) is 0 Å². The lowest BCUT2D eigenvalue weighted by molar-refractivity contribution is 0.00379. The van der Waals surface area contributed by atoms with Crippen LogP contribution in [0.2, 0.25) is 0 Å². The second kappa shape index (κ2) is 7.05. The first kappa shape index (κ1) is 15.4. The molecule has 2 unspecified atom stereocenters. The van der Waals surface area contributed by atoms with E-state index in [9.17, 15) is 15.0 Å². The van der Waals surface area contributed by atoms with Gasteiger partial charge in [-0.2, -0.15) is 0 Å². The van der Waals surface area contributed by atoms with Crippen molar-refractivity contribution in [3.8, 4) is 5.75 Å². The van der Waals surface area contributed by atoms with Crippen molar-refractivity contribution in [2.45, 2.75) is 18.6 Å². The molecule has 0 spiro atoms. The fourth-order valence-corrected chi connectivity index (χ4v) is 1.69. The molecule has 106 valence electrons. The van der Waals surface area contributed by atoms with E-state index in [0.29, 0.717) is 5.75 Å². The smallest absolute Gasteiger partial charge is 0.265 e. The largest absolute Gasteiger partial charge is 0.497 e. The highest BCUT2D eigenvalue weighted by Gasteiger charge is 2.23. The summed E-state index contributed by atoms with van der Waals surface area (Å²) >= 11 is 0. The highest BCUT2D eigenvalue weighted by atomic mass is 16.5. The number of amides is 1. The molecule has 0 aliphatic carbocycles. The average Bonchev–Trinajstić information content (AvgIpc) is 2.45. The van der Waals surface area contributed by atoms with Gasteiger partial charge in [0, 0.05) is 6.61 Å². The number of aliphatic hydroxyl groups is 3. The number of rotatable bonds is 6. The van der Waals surface area contributed by atoms with Gasteiger partial charge in [-0.3, -0.25) is 10.2 Å². The van der Waals surface area contributed by atoms with Gasteiger partial charge in [-0.25, -0.2) is 5.84 Å². The van der Waals surface area contributed by atoms with Crippen LogP contribution in [0.4, 0.5) is 0 Å². The summed E-state index contributed by atoms with van der Waals surface area (Å²) in [5, 5.41) is 28.4. The van der Waals surface area contributed by atoms with Crippen molar-refractivity contribution in [3.05, 3.63) is 29.3 Å². The molecule has 0 saturated carbocycles. The molecule has 0 aromatic heterocycles. The van der Waals surface area contributed by atoms with E-state index in [1.807, 2.05) is 5.43 Å². The van der Waals surface area contributed by atoms with Gasteiger partial charge in [-0.1, -0.05) is 6.07 Å². The molecule has 19 heavy (non-hydrogen) atoms. The van der Waals surface area contributed by atoms with E-state index in [-0.39, 0.29) is 24.2 Å². The highest BCUT2D eigenvalue weighted by molar-refractivity contribution is 5.95. The molecule has 6 N–H and O–H groups in total. The van der Waals surface area contributed by atoms with Gasteiger partial charge in [-0.15, -0.1) is 0 Å². The molecule has 1 aromatic carbocycles. The van der Waals surface area contributed by atoms with Crippen LogP contribution in [0, 0.1) is 0 Å². The Hall–Kier alpha value is -1.67. The second-order valence-corrected chi connectivity index (χ2v) is 3.95. The second-order valence-electron chi connectivity index (χ2n) is 3.95. The van der Waals surface area contributed by atoms with Crippen molar-refractivity contribution in [2.75, 3.05) is 13.7 Å². The van der Waals surface area contributed by atoms with Gasteiger partial charge in [0.2, 0.25) is 0 Å².